The molecule has 1 aliphatic rings. The van der Waals surface area contributed by atoms with Gasteiger partial charge in [-0.1, -0.05) is 47.6 Å². The summed E-state index contributed by atoms with van der Waals surface area (Å²) in [6.45, 7) is 5.98. The highest BCUT2D eigenvalue weighted by atomic mass is 16.5. The van der Waals surface area contributed by atoms with Crippen LogP contribution in [0.5, 0.6) is 5.75 Å². The molecule has 1 fully saturated rings. The molecule has 0 bridgehead atoms. The highest BCUT2D eigenvalue weighted by molar-refractivity contribution is 5.91. The number of aromatic nitrogens is 1. The number of piperazine rings is 1. The van der Waals surface area contributed by atoms with Gasteiger partial charge >= 0.3 is 0 Å². The van der Waals surface area contributed by atoms with E-state index in [4.69, 9.17) is 9.26 Å². The number of hydrogen-bond acceptors (Lipinski definition) is 7. The van der Waals surface area contributed by atoms with Gasteiger partial charge in [-0.05, 0) is 30.2 Å². The molecule has 2 N–H and O–H groups in total. The number of nitrogens with zero attached hydrogens (tertiary/aromatic N) is 3. The van der Waals surface area contributed by atoms with E-state index in [1.807, 2.05) is 42.5 Å². The van der Waals surface area contributed by atoms with Crippen LogP contribution in [-0.2, 0) is 4.79 Å². The van der Waals surface area contributed by atoms with E-state index in [0.29, 0.717) is 24.7 Å². The Morgan fingerprint density at radius 3 is 2.39 bits per heavy atom. The van der Waals surface area contributed by atoms with Crippen LogP contribution in [0.4, 0.5) is 5.82 Å². The fraction of sp³-hybridized carbons (Fsp3) is 0.360. The molecule has 1 saturated heterocycles. The lowest BCUT2D eigenvalue weighted by molar-refractivity contribution is -0.117. The fourth-order valence-electron chi connectivity index (χ4n) is 3.86. The lowest BCUT2D eigenvalue weighted by Gasteiger charge is -2.35. The highest BCUT2D eigenvalue weighted by Crippen LogP contribution is 2.22. The summed E-state index contributed by atoms with van der Waals surface area (Å²) in [5.41, 5.74) is 2.29. The Labute approximate surface area is 193 Å². The van der Waals surface area contributed by atoms with Crippen LogP contribution in [0.3, 0.4) is 0 Å². The quantitative estimate of drug-likeness (QED) is 0.518. The molecule has 1 unspecified atom stereocenters. The van der Waals surface area contributed by atoms with Gasteiger partial charge in [-0.3, -0.25) is 14.6 Å². The zero-order valence-electron chi connectivity index (χ0n) is 18.8. The molecule has 0 aliphatic carbocycles. The maximum absolute atomic E-state index is 12.2. The van der Waals surface area contributed by atoms with Crippen LogP contribution >= 0.6 is 0 Å². The average molecular weight is 451 g/mol. The molecular formula is C25H30N4O4. The van der Waals surface area contributed by atoms with Gasteiger partial charge in [0, 0.05) is 38.8 Å². The van der Waals surface area contributed by atoms with E-state index in [1.54, 1.807) is 13.0 Å². The van der Waals surface area contributed by atoms with Gasteiger partial charge in [0.05, 0.1) is 6.54 Å². The highest BCUT2D eigenvalue weighted by Gasteiger charge is 2.21. The third kappa shape index (κ3) is 6.89. The summed E-state index contributed by atoms with van der Waals surface area (Å²) < 4.78 is 10.7. The van der Waals surface area contributed by atoms with Crippen molar-refractivity contribution in [3.8, 4) is 16.9 Å². The molecule has 2 heterocycles. The minimum atomic E-state index is -0.580. The minimum Gasteiger partial charge on any atom is -0.491 e. The van der Waals surface area contributed by atoms with Crippen molar-refractivity contribution in [2.75, 3.05) is 51.2 Å². The number of aryl methyl sites for hydroxylation is 1. The van der Waals surface area contributed by atoms with Gasteiger partial charge in [0.2, 0.25) is 5.91 Å². The number of ether oxygens (including phenoxy) is 1. The summed E-state index contributed by atoms with van der Waals surface area (Å²) >= 11 is 0. The second-order valence-electron chi connectivity index (χ2n) is 8.30. The summed E-state index contributed by atoms with van der Waals surface area (Å²) in [6.07, 6.45) is -0.580. The summed E-state index contributed by atoms with van der Waals surface area (Å²) in [7, 11) is 0. The van der Waals surface area contributed by atoms with Gasteiger partial charge in [0.25, 0.3) is 0 Å². The molecule has 4 rings (SSSR count). The fourth-order valence-corrected chi connectivity index (χ4v) is 3.86. The number of nitrogens with one attached hydrogen (secondary N) is 1. The first-order valence-electron chi connectivity index (χ1n) is 11.2. The first-order valence-corrected chi connectivity index (χ1v) is 11.2. The predicted octanol–water partition coefficient (Wildman–Crippen LogP) is 2.65. The van der Waals surface area contributed by atoms with Gasteiger partial charge in [0.15, 0.2) is 5.82 Å². The van der Waals surface area contributed by atoms with E-state index in [2.05, 4.69) is 32.4 Å². The summed E-state index contributed by atoms with van der Waals surface area (Å²) in [4.78, 5) is 16.5. The van der Waals surface area contributed by atoms with Crippen LogP contribution < -0.4 is 10.1 Å². The van der Waals surface area contributed by atoms with Crippen molar-refractivity contribution in [3.05, 3.63) is 66.4 Å². The van der Waals surface area contributed by atoms with E-state index in [0.717, 1.165) is 43.1 Å². The zero-order chi connectivity index (χ0) is 23.0. The molecule has 0 radical (unpaired) electrons. The number of benzene rings is 2. The van der Waals surface area contributed by atoms with Crippen molar-refractivity contribution < 1.29 is 19.2 Å². The second-order valence-corrected chi connectivity index (χ2v) is 8.30. The van der Waals surface area contributed by atoms with E-state index in [-0.39, 0.29) is 12.5 Å². The third-order valence-corrected chi connectivity index (χ3v) is 5.60. The number of carbonyl (C=O) groups is 1. The van der Waals surface area contributed by atoms with E-state index in [1.165, 1.54) is 0 Å². The molecule has 8 heteroatoms. The number of amides is 1. The Kier molecular flexibility index (Phi) is 7.72. The van der Waals surface area contributed by atoms with E-state index >= 15 is 0 Å². The first kappa shape index (κ1) is 23.0. The standard InChI is InChI=1S/C25H30N4O4/c1-19-15-24(27-33-19)26-25(31)17-29-13-11-28(12-14-29)16-22(30)18-32-23-9-7-21(8-10-23)20-5-3-2-4-6-20/h2-10,15,22,30H,11-14,16-18H2,1H3,(H,26,27,31). The molecule has 0 saturated carbocycles. The van der Waals surface area contributed by atoms with Crippen LogP contribution in [0, 0.1) is 6.92 Å². The molecule has 3 aromatic rings. The average Bonchev–Trinajstić information content (AvgIpc) is 3.24. The van der Waals surface area contributed by atoms with Crippen molar-refractivity contribution in [2.24, 2.45) is 0 Å². The topological polar surface area (TPSA) is 91.1 Å². The van der Waals surface area contributed by atoms with Crippen molar-refractivity contribution in [1.82, 2.24) is 15.0 Å². The van der Waals surface area contributed by atoms with Gasteiger partial charge < -0.3 is 19.7 Å². The van der Waals surface area contributed by atoms with Crippen molar-refractivity contribution in [2.45, 2.75) is 13.0 Å². The van der Waals surface area contributed by atoms with Crippen LogP contribution in [0.1, 0.15) is 5.76 Å². The Hall–Kier alpha value is -3.20. The van der Waals surface area contributed by atoms with Gasteiger partial charge in [-0.25, -0.2) is 0 Å². The van der Waals surface area contributed by atoms with Crippen LogP contribution in [-0.4, -0.2) is 77.9 Å². The molecule has 1 aromatic heterocycles. The van der Waals surface area contributed by atoms with Crippen LogP contribution in [0.2, 0.25) is 0 Å². The maximum atomic E-state index is 12.2. The summed E-state index contributed by atoms with van der Waals surface area (Å²) in [6, 6.07) is 19.8. The number of hydrogen-bond donors (Lipinski definition) is 2. The van der Waals surface area contributed by atoms with Crippen molar-refractivity contribution >= 4 is 11.7 Å². The number of anilines is 1. The maximum Gasteiger partial charge on any atom is 0.239 e. The molecular weight excluding hydrogens is 420 g/mol. The van der Waals surface area contributed by atoms with E-state index < -0.39 is 6.10 Å². The first-order chi connectivity index (χ1) is 16.0. The Balaban J connectivity index is 1.14. The predicted molar refractivity (Wildman–Crippen MR) is 126 cm³/mol. The van der Waals surface area contributed by atoms with Gasteiger partial charge in [0.1, 0.15) is 24.2 Å². The largest absolute Gasteiger partial charge is 0.491 e. The van der Waals surface area contributed by atoms with Crippen LogP contribution in [0.25, 0.3) is 11.1 Å². The molecule has 33 heavy (non-hydrogen) atoms. The minimum absolute atomic E-state index is 0.108. The second kappa shape index (κ2) is 11.1. The molecule has 2 aromatic carbocycles. The van der Waals surface area contributed by atoms with Crippen LogP contribution in [0.15, 0.2) is 65.2 Å². The van der Waals surface area contributed by atoms with Crippen molar-refractivity contribution in [3.63, 3.8) is 0 Å². The Morgan fingerprint density at radius 1 is 1.06 bits per heavy atom. The number of rotatable bonds is 9. The lowest BCUT2D eigenvalue weighted by atomic mass is 10.1. The smallest absolute Gasteiger partial charge is 0.239 e. The Morgan fingerprint density at radius 2 is 1.73 bits per heavy atom. The molecule has 174 valence electrons. The number of carbonyl (C=O) groups excluding carboxylic acids is 1. The summed E-state index contributed by atoms with van der Waals surface area (Å²) in [5.74, 6) is 1.73. The molecule has 0 spiro atoms. The van der Waals surface area contributed by atoms with Gasteiger partial charge in [-0.2, -0.15) is 0 Å². The Bertz CT molecular complexity index is 1010. The molecule has 1 atom stereocenters. The summed E-state index contributed by atoms with van der Waals surface area (Å²) in [5, 5.41) is 16.9. The van der Waals surface area contributed by atoms with Gasteiger partial charge in [-0.15, -0.1) is 0 Å². The molecule has 1 aliphatic heterocycles. The van der Waals surface area contributed by atoms with E-state index in [9.17, 15) is 9.90 Å². The normalized spacial score (nSPS) is 15.8. The number of aliphatic hydroxyl groups excluding tert-OH is 1. The molecule has 8 nitrogen and oxygen atoms in total. The zero-order valence-corrected chi connectivity index (χ0v) is 18.8. The number of aliphatic hydroxyl groups is 1. The van der Waals surface area contributed by atoms with Crippen molar-refractivity contribution in [1.29, 1.82) is 0 Å². The third-order valence-electron chi connectivity index (χ3n) is 5.60. The number of β-amino-alcohol motifs (C(OH)–C–C–N with tert-alkyl or cyclic N) is 1. The lowest BCUT2D eigenvalue weighted by Crippen LogP contribution is -2.50. The molecule has 1 amide bonds. The SMILES string of the molecule is Cc1cc(NC(=O)CN2CCN(CC(O)COc3ccc(-c4ccccc4)cc3)CC2)no1. The monoisotopic (exact) mass is 450 g/mol.